The maximum Gasteiger partial charge on any atom is 0.287 e. The van der Waals surface area contributed by atoms with E-state index in [2.05, 4.69) is 27.2 Å². The number of methoxy groups -OCH3 is 1. The van der Waals surface area contributed by atoms with Crippen LogP contribution >= 0.6 is 0 Å². The molecule has 7 heteroatoms. The van der Waals surface area contributed by atoms with Gasteiger partial charge in [-0.15, -0.1) is 0 Å². The Balaban J connectivity index is 1.27. The molecule has 6 nitrogen and oxygen atoms in total. The van der Waals surface area contributed by atoms with E-state index in [1.807, 2.05) is 18.2 Å². The number of carbonyl (C=O) groups is 1. The number of carbonyl (C=O) groups excluding carboxylic acids is 1. The molecule has 3 aromatic rings. The van der Waals surface area contributed by atoms with E-state index in [1.54, 1.807) is 25.3 Å². The summed E-state index contributed by atoms with van der Waals surface area (Å²) in [4.78, 5) is 17.0. The molecule has 2 aromatic carbocycles. The molecule has 0 unspecified atom stereocenters. The van der Waals surface area contributed by atoms with Crippen molar-refractivity contribution in [2.24, 2.45) is 0 Å². The van der Waals surface area contributed by atoms with Gasteiger partial charge in [0.2, 0.25) is 0 Å². The zero-order valence-corrected chi connectivity index (χ0v) is 17.5. The molecular formula is C24H26FN3O3. The van der Waals surface area contributed by atoms with Crippen LogP contribution in [-0.4, -0.2) is 44.1 Å². The van der Waals surface area contributed by atoms with E-state index in [4.69, 9.17) is 9.15 Å². The van der Waals surface area contributed by atoms with Gasteiger partial charge < -0.3 is 19.4 Å². The molecule has 31 heavy (non-hydrogen) atoms. The molecule has 1 saturated heterocycles. The largest absolute Gasteiger partial charge is 0.497 e. The Morgan fingerprint density at radius 1 is 1.06 bits per heavy atom. The molecule has 1 N–H and O–H groups in total. The summed E-state index contributed by atoms with van der Waals surface area (Å²) >= 11 is 0. The Hall–Kier alpha value is -3.32. The normalized spacial score (nSPS) is 14.5. The summed E-state index contributed by atoms with van der Waals surface area (Å²) in [6.07, 6.45) is 0. The van der Waals surface area contributed by atoms with Crippen LogP contribution in [0.2, 0.25) is 0 Å². The molecule has 162 valence electrons. The lowest BCUT2D eigenvalue weighted by Crippen LogP contribution is -2.45. The molecule has 1 fully saturated rings. The lowest BCUT2D eigenvalue weighted by Gasteiger charge is -2.35. The molecule has 0 atom stereocenters. The highest BCUT2D eigenvalue weighted by molar-refractivity contribution is 5.91. The standard InChI is InChI=1S/C24H26FN3O3/c1-30-21-7-3-6-20(15-21)28-12-10-27(11-13-28)17-22-8-9-23(31-22)24(29)26-16-18-4-2-5-19(25)14-18/h2-9,14-15H,10-13,16-17H2,1H3,(H,26,29). The number of hydrogen-bond acceptors (Lipinski definition) is 5. The molecule has 0 bridgehead atoms. The molecule has 1 aliphatic rings. The number of halogens is 1. The van der Waals surface area contributed by atoms with Gasteiger partial charge in [-0.25, -0.2) is 4.39 Å². The molecule has 0 saturated carbocycles. The quantitative estimate of drug-likeness (QED) is 0.628. The summed E-state index contributed by atoms with van der Waals surface area (Å²) in [5.74, 6) is 1.25. The van der Waals surface area contributed by atoms with E-state index in [9.17, 15) is 9.18 Å². The number of ether oxygens (including phenoxy) is 1. The number of rotatable bonds is 7. The zero-order valence-electron chi connectivity index (χ0n) is 17.5. The van der Waals surface area contributed by atoms with Gasteiger partial charge >= 0.3 is 0 Å². The molecule has 0 radical (unpaired) electrons. The van der Waals surface area contributed by atoms with Crippen LogP contribution in [0.3, 0.4) is 0 Å². The average molecular weight is 423 g/mol. The van der Waals surface area contributed by atoms with Gasteiger partial charge in [-0.2, -0.15) is 0 Å². The van der Waals surface area contributed by atoms with Crippen LogP contribution in [0.1, 0.15) is 21.9 Å². The van der Waals surface area contributed by atoms with Crippen molar-refractivity contribution in [2.45, 2.75) is 13.1 Å². The number of amides is 1. The number of anilines is 1. The van der Waals surface area contributed by atoms with Crippen LogP contribution in [0.5, 0.6) is 5.75 Å². The Kier molecular flexibility index (Phi) is 6.52. The maximum atomic E-state index is 13.3. The van der Waals surface area contributed by atoms with Gasteiger partial charge in [-0.1, -0.05) is 18.2 Å². The lowest BCUT2D eigenvalue weighted by molar-refractivity contribution is 0.0919. The number of nitrogens with zero attached hydrogens (tertiary/aromatic N) is 2. The zero-order chi connectivity index (χ0) is 21.6. The summed E-state index contributed by atoms with van der Waals surface area (Å²) in [7, 11) is 1.68. The minimum Gasteiger partial charge on any atom is -0.497 e. The number of hydrogen-bond donors (Lipinski definition) is 1. The van der Waals surface area contributed by atoms with Crippen molar-refractivity contribution in [1.82, 2.24) is 10.2 Å². The Morgan fingerprint density at radius 2 is 1.87 bits per heavy atom. The van der Waals surface area contributed by atoms with Crippen molar-refractivity contribution in [3.8, 4) is 5.75 Å². The first-order valence-electron chi connectivity index (χ1n) is 10.3. The Morgan fingerprint density at radius 3 is 2.65 bits per heavy atom. The van der Waals surface area contributed by atoms with Crippen LogP contribution in [0.4, 0.5) is 10.1 Å². The van der Waals surface area contributed by atoms with Crippen molar-refractivity contribution in [3.63, 3.8) is 0 Å². The first-order chi connectivity index (χ1) is 15.1. The van der Waals surface area contributed by atoms with Gasteiger partial charge in [0.15, 0.2) is 5.76 Å². The van der Waals surface area contributed by atoms with Crippen LogP contribution in [0, 0.1) is 5.82 Å². The summed E-state index contributed by atoms with van der Waals surface area (Å²) < 4.78 is 24.3. The van der Waals surface area contributed by atoms with E-state index in [-0.39, 0.29) is 24.0 Å². The minimum atomic E-state index is -0.321. The first kappa shape index (κ1) is 20.9. The van der Waals surface area contributed by atoms with Gasteiger partial charge in [0.05, 0.1) is 13.7 Å². The third-order valence-corrected chi connectivity index (χ3v) is 5.40. The van der Waals surface area contributed by atoms with Gasteiger partial charge in [-0.05, 0) is 42.0 Å². The molecule has 1 aliphatic heterocycles. The maximum absolute atomic E-state index is 13.3. The highest BCUT2D eigenvalue weighted by Gasteiger charge is 2.19. The van der Waals surface area contributed by atoms with Crippen molar-refractivity contribution in [2.75, 3.05) is 38.2 Å². The fourth-order valence-corrected chi connectivity index (χ4v) is 3.69. The van der Waals surface area contributed by atoms with Crippen molar-refractivity contribution >= 4 is 11.6 Å². The highest BCUT2D eigenvalue weighted by atomic mass is 19.1. The third-order valence-electron chi connectivity index (χ3n) is 5.40. The number of furan rings is 1. The predicted molar refractivity (Wildman–Crippen MR) is 117 cm³/mol. The van der Waals surface area contributed by atoms with Gasteiger partial charge in [0.1, 0.15) is 17.3 Å². The molecular weight excluding hydrogens is 397 g/mol. The summed E-state index contributed by atoms with van der Waals surface area (Å²) in [6.45, 7) is 4.53. The van der Waals surface area contributed by atoms with Gasteiger partial charge in [0, 0.05) is 44.5 Å². The van der Waals surface area contributed by atoms with Crippen molar-refractivity contribution in [3.05, 3.63) is 83.6 Å². The molecule has 0 aliphatic carbocycles. The van der Waals surface area contributed by atoms with Gasteiger partial charge in [-0.3, -0.25) is 9.69 Å². The predicted octanol–water partition coefficient (Wildman–Crippen LogP) is 3.68. The fourth-order valence-electron chi connectivity index (χ4n) is 3.69. The smallest absolute Gasteiger partial charge is 0.287 e. The number of nitrogens with one attached hydrogen (secondary N) is 1. The number of benzene rings is 2. The van der Waals surface area contributed by atoms with Gasteiger partial charge in [0.25, 0.3) is 5.91 Å². The molecule has 1 amide bonds. The number of piperazine rings is 1. The molecule has 1 aromatic heterocycles. The van der Waals surface area contributed by atoms with Crippen LogP contribution < -0.4 is 15.0 Å². The van der Waals surface area contributed by atoms with Crippen molar-refractivity contribution < 1.29 is 18.3 Å². The van der Waals surface area contributed by atoms with Crippen LogP contribution in [0.25, 0.3) is 0 Å². The van der Waals surface area contributed by atoms with E-state index >= 15 is 0 Å². The van der Waals surface area contributed by atoms with E-state index in [0.29, 0.717) is 12.1 Å². The molecule has 2 heterocycles. The minimum absolute atomic E-state index is 0.249. The second-order valence-electron chi connectivity index (χ2n) is 7.54. The summed E-state index contributed by atoms with van der Waals surface area (Å²) in [5, 5.41) is 2.76. The second-order valence-corrected chi connectivity index (χ2v) is 7.54. The summed E-state index contributed by atoms with van der Waals surface area (Å²) in [5.41, 5.74) is 1.86. The fraction of sp³-hybridized carbons (Fsp3) is 0.292. The van der Waals surface area contributed by atoms with Crippen LogP contribution in [-0.2, 0) is 13.1 Å². The Labute approximate surface area is 181 Å². The lowest BCUT2D eigenvalue weighted by atomic mass is 10.2. The molecule has 4 rings (SSSR count). The van der Waals surface area contributed by atoms with Crippen LogP contribution in [0.15, 0.2) is 65.1 Å². The highest BCUT2D eigenvalue weighted by Crippen LogP contribution is 2.22. The third kappa shape index (κ3) is 5.44. The monoisotopic (exact) mass is 423 g/mol. The SMILES string of the molecule is COc1cccc(N2CCN(Cc3ccc(C(=O)NCc4cccc(F)c4)o3)CC2)c1. The average Bonchev–Trinajstić information content (AvgIpc) is 3.27. The molecule has 0 spiro atoms. The van der Waals surface area contributed by atoms with Crippen molar-refractivity contribution in [1.29, 1.82) is 0 Å². The Bertz CT molecular complexity index is 1030. The van der Waals surface area contributed by atoms with E-state index in [0.717, 1.165) is 43.4 Å². The summed E-state index contributed by atoms with van der Waals surface area (Å²) in [6, 6.07) is 17.8. The topological polar surface area (TPSA) is 58.0 Å². The van der Waals surface area contributed by atoms with E-state index in [1.165, 1.54) is 12.1 Å². The van der Waals surface area contributed by atoms with E-state index < -0.39 is 0 Å². The second kappa shape index (κ2) is 9.66. The first-order valence-corrected chi connectivity index (χ1v) is 10.3.